The zero-order valence-electron chi connectivity index (χ0n) is 6.88. The first-order valence-electron chi connectivity index (χ1n) is 4.42. The van der Waals surface area contributed by atoms with Crippen LogP contribution in [-0.4, -0.2) is 12.7 Å². The van der Waals surface area contributed by atoms with Gasteiger partial charge in [0.05, 0.1) is 12.2 Å². The average Bonchev–Trinajstić information content (AvgIpc) is 2.28. The van der Waals surface area contributed by atoms with Crippen molar-refractivity contribution >= 4 is 0 Å². The van der Waals surface area contributed by atoms with Crippen LogP contribution in [0.3, 0.4) is 0 Å². The van der Waals surface area contributed by atoms with E-state index in [4.69, 9.17) is 10.00 Å². The fourth-order valence-corrected chi connectivity index (χ4v) is 1.56. The molecule has 2 nitrogen and oxygen atoms in total. The molecule has 1 saturated carbocycles. The van der Waals surface area contributed by atoms with E-state index in [1.54, 1.807) is 0 Å². The quantitative estimate of drug-likeness (QED) is 0.570. The lowest BCUT2D eigenvalue weighted by Gasteiger charge is -2.11. The molecule has 0 bridgehead atoms. The van der Waals surface area contributed by atoms with Gasteiger partial charge < -0.3 is 4.74 Å². The summed E-state index contributed by atoms with van der Waals surface area (Å²) in [5, 5.41) is 8.29. The van der Waals surface area contributed by atoms with Crippen LogP contribution >= 0.6 is 0 Å². The van der Waals surface area contributed by atoms with Crippen molar-refractivity contribution in [2.24, 2.45) is 0 Å². The third-order valence-corrected chi connectivity index (χ3v) is 2.19. The topological polar surface area (TPSA) is 33.0 Å². The monoisotopic (exact) mass is 153 g/mol. The van der Waals surface area contributed by atoms with E-state index in [0.717, 1.165) is 12.8 Å². The second-order valence-corrected chi connectivity index (χ2v) is 3.08. The molecule has 1 aliphatic carbocycles. The fourth-order valence-electron chi connectivity index (χ4n) is 1.56. The summed E-state index contributed by atoms with van der Waals surface area (Å²) in [5.41, 5.74) is 0. The standard InChI is InChI=1S/C9H15NO/c10-7-8-11-9-5-3-1-2-4-6-9/h9H,1-6,8H2. The van der Waals surface area contributed by atoms with Crippen molar-refractivity contribution in [3.63, 3.8) is 0 Å². The Kier molecular flexibility index (Phi) is 4.00. The van der Waals surface area contributed by atoms with Gasteiger partial charge in [-0.05, 0) is 12.8 Å². The van der Waals surface area contributed by atoms with Crippen molar-refractivity contribution in [1.29, 1.82) is 5.26 Å². The minimum absolute atomic E-state index is 0.269. The van der Waals surface area contributed by atoms with E-state index >= 15 is 0 Å². The van der Waals surface area contributed by atoms with E-state index < -0.39 is 0 Å². The maximum atomic E-state index is 8.29. The van der Waals surface area contributed by atoms with E-state index in [2.05, 4.69) is 0 Å². The summed E-state index contributed by atoms with van der Waals surface area (Å²) in [7, 11) is 0. The largest absolute Gasteiger partial charge is 0.363 e. The van der Waals surface area contributed by atoms with Crippen molar-refractivity contribution in [3.05, 3.63) is 0 Å². The average molecular weight is 153 g/mol. The molecule has 0 unspecified atom stereocenters. The van der Waals surface area contributed by atoms with Gasteiger partial charge in [-0.25, -0.2) is 0 Å². The van der Waals surface area contributed by atoms with Gasteiger partial charge in [-0.2, -0.15) is 5.26 Å². The molecule has 0 aromatic rings. The molecule has 2 heteroatoms. The molecular formula is C9H15NO. The molecule has 0 aliphatic heterocycles. The third-order valence-electron chi connectivity index (χ3n) is 2.19. The SMILES string of the molecule is N#CCOC1CCCCCC1. The lowest BCUT2D eigenvalue weighted by Crippen LogP contribution is -2.11. The van der Waals surface area contributed by atoms with Gasteiger partial charge in [0.1, 0.15) is 6.61 Å². The van der Waals surface area contributed by atoms with Crippen LogP contribution in [-0.2, 0) is 4.74 Å². The lowest BCUT2D eigenvalue weighted by molar-refractivity contribution is 0.0659. The van der Waals surface area contributed by atoms with Gasteiger partial charge in [0.25, 0.3) is 0 Å². The molecule has 62 valence electrons. The number of hydrogen-bond donors (Lipinski definition) is 0. The number of rotatable bonds is 2. The Bertz CT molecular complexity index is 131. The summed E-state index contributed by atoms with van der Waals surface area (Å²) < 4.78 is 5.35. The smallest absolute Gasteiger partial charge is 0.134 e. The molecule has 0 amide bonds. The summed E-state index contributed by atoms with van der Waals surface area (Å²) >= 11 is 0. The molecule has 0 radical (unpaired) electrons. The first-order chi connectivity index (χ1) is 5.43. The Balaban J connectivity index is 2.15. The van der Waals surface area contributed by atoms with Gasteiger partial charge in [-0.3, -0.25) is 0 Å². The van der Waals surface area contributed by atoms with Crippen LogP contribution < -0.4 is 0 Å². The highest BCUT2D eigenvalue weighted by atomic mass is 16.5. The van der Waals surface area contributed by atoms with E-state index in [1.165, 1.54) is 25.7 Å². The van der Waals surface area contributed by atoms with Crippen LogP contribution in [0, 0.1) is 11.3 Å². The first kappa shape index (κ1) is 8.55. The van der Waals surface area contributed by atoms with Gasteiger partial charge in [-0.1, -0.05) is 25.7 Å². The summed E-state index contributed by atoms with van der Waals surface area (Å²) in [6.07, 6.45) is 7.91. The zero-order valence-corrected chi connectivity index (χ0v) is 6.88. The molecule has 11 heavy (non-hydrogen) atoms. The highest BCUT2D eigenvalue weighted by Gasteiger charge is 2.11. The number of ether oxygens (including phenoxy) is 1. The molecule has 0 aromatic carbocycles. The van der Waals surface area contributed by atoms with Crippen LogP contribution in [0.5, 0.6) is 0 Å². The van der Waals surface area contributed by atoms with Crippen molar-refractivity contribution in [2.45, 2.75) is 44.6 Å². The molecule has 0 aromatic heterocycles. The van der Waals surface area contributed by atoms with E-state index in [0.29, 0.717) is 6.10 Å². The van der Waals surface area contributed by atoms with Crippen molar-refractivity contribution in [1.82, 2.24) is 0 Å². The van der Waals surface area contributed by atoms with E-state index in [1.807, 2.05) is 6.07 Å². The lowest BCUT2D eigenvalue weighted by atomic mass is 10.1. The molecule has 0 N–H and O–H groups in total. The second-order valence-electron chi connectivity index (χ2n) is 3.08. The van der Waals surface area contributed by atoms with Crippen LogP contribution in [0.15, 0.2) is 0 Å². The van der Waals surface area contributed by atoms with Crippen LogP contribution in [0.4, 0.5) is 0 Å². The van der Waals surface area contributed by atoms with Crippen LogP contribution in [0.1, 0.15) is 38.5 Å². The Morgan fingerprint density at radius 3 is 2.36 bits per heavy atom. The van der Waals surface area contributed by atoms with Gasteiger partial charge in [-0.15, -0.1) is 0 Å². The Labute approximate surface area is 68.2 Å². The first-order valence-corrected chi connectivity index (χ1v) is 4.42. The van der Waals surface area contributed by atoms with Crippen LogP contribution in [0.25, 0.3) is 0 Å². The molecular weight excluding hydrogens is 138 g/mol. The molecule has 0 saturated heterocycles. The van der Waals surface area contributed by atoms with Gasteiger partial charge >= 0.3 is 0 Å². The zero-order chi connectivity index (χ0) is 7.94. The Morgan fingerprint density at radius 2 is 1.82 bits per heavy atom. The molecule has 0 spiro atoms. The summed E-state index contributed by atoms with van der Waals surface area (Å²) in [6.45, 7) is 0.269. The summed E-state index contributed by atoms with van der Waals surface area (Å²) in [4.78, 5) is 0. The predicted octanol–water partition coefficient (Wildman–Crippen LogP) is 2.25. The normalized spacial score (nSPS) is 20.6. The van der Waals surface area contributed by atoms with E-state index in [-0.39, 0.29) is 6.61 Å². The summed E-state index contributed by atoms with van der Waals surface area (Å²) in [6, 6.07) is 2.01. The van der Waals surface area contributed by atoms with Crippen molar-refractivity contribution in [3.8, 4) is 6.07 Å². The molecule has 1 rings (SSSR count). The fraction of sp³-hybridized carbons (Fsp3) is 0.889. The van der Waals surface area contributed by atoms with Gasteiger partial charge in [0, 0.05) is 0 Å². The molecule has 0 heterocycles. The van der Waals surface area contributed by atoms with Gasteiger partial charge in [0.2, 0.25) is 0 Å². The van der Waals surface area contributed by atoms with Crippen molar-refractivity contribution in [2.75, 3.05) is 6.61 Å². The molecule has 1 fully saturated rings. The molecule has 1 aliphatic rings. The highest BCUT2D eigenvalue weighted by molar-refractivity contribution is 4.70. The third kappa shape index (κ3) is 3.38. The van der Waals surface area contributed by atoms with E-state index in [9.17, 15) is 0 Å². The minimum Gasteiger partial charge on any atom is -0.363 e. The Hall–Kier alpha value is -0.550. The predicted molar refractivity (Wildman–Crippen MR) is 43.1 cm³/mol. The van der Waals surface area contributed by atoms with Crippen molar-refractivity contribution < 1.29 is 4.74 Å². The highest BCUT2D eigenvalue weighted by Crippen LogP contribution is 2.19. The number of nitrogens with zero attached hydrogens (tertiary/aromatic N) is 1. The number of hydrogen-bond acceptors (Lipinski definition) is 2. The summed E-state index contributed by atoms with van der Waals surface area (Å²) in [5.74, 6) is 0. The maximum Gasteiger partial charge on any atom is 0.134 e. The van der Waals surface area contributed by atoms with Crippen LogP contribution in [0.2, 0.25) is 0 Å². The Morgan fingerprint density at radius 1 is 1.18 bits per heavy atom. The second kappa shape index (κ2) is 5.15. The molecule has 0 atom stereocenters. The number of nitriles is 1. The van der Waals surface area contributed by atoms with Gasteiger partial charge in [0.15, 0.2) is 0 Å². The minimum atomic E-state index is 0.269. The maximum absolute atomic E-state index is 8.29.